The number of halogens is 2. The number of rotatable bonds is 29. The van der Waals surface area contributed by atoms with Gasteiger partial charge in [0.05, 0.1) is 110 Å². The Labute approximate surface area is 268 Å². The van der Waals surface area contributed by atoms with Gasteiger partial charge in [-0.3, -0.25) is 9.78 Å². The molecular formula is C30H47FIN3O8. The summed E-state index contributed by atoms with van der Waals surface area (Å²) in [6.07, 6.45) is 2.78. The smallest absolute Gasteiger partial charge is 0.182 e. The number of carbonyl (C=O) groups excluding carboxylic acids is 1. The van der Waals surface area contributed by atoms with Crippen molar-refractivity contribution in [1.82, 2.24) is 14.9 Å². The Hall–Kier alpha value is -1.43. The molecule has 244 valence electrons. The van der Waals surface area contributed by atoms with Crippen molar-refractivity contribution < 1.29 is 42.3 Å². The minimum Gasteiger partial charge on any atom is -0.378 e. The summed E-state index contributed by atoms with van der Waals surface area (Å²) in [5.41, 5.74) is 1.97. The van der Waals surface area contributed by atoms with Crippen LogP contribution in [0.3, 0.4) is 0 Å². The maximum atomic E-state index is 12.6. The topological polar surface area (TPSA) is 111 Å². The summed E-state index contributed by atoms with van der Waals surface area (Å²) >= 11 is 2.24. The summed E-state index contributed by atoms with van der Waals surface area (Å²) in [7, 11) is 0. The second kappa shape index (κ2) is 25.9. The van der Waals surface area contributed by atoms with Crippen molar-refractivity contribution in [2.75, 3.05) is 119 Å². The minimum absolute atomic E-state index is 0.0212. The number of likely N-dealkylation sites (N-methyl/N-ethyl adjacent to an activating group) is 1. The first-order valence-corrected chi connectivity index (χ1v) is 16.0. The van der Waals surface area contributed by atoms with Gasteiger partial charge in [0.15, 0.2) is 5.78 Å². The van der Waals surface area contributed by atoms with E-state index in [0.29, 0.717) is 98.0 Å². The number of hydrogen-bond donors (Lipinski definition) is 0. The van der Waals surface area contributed by atoms with E-state index in [1.54, 1.807) is 6.20 Å². The van der Waals surface area contributed by atoms with Gasteiger partial charge in [-0.2, -0.15) is 0 Å². The Morgan fingerprint density at radius 2 is 1.26 bits per heavy atom. The van der Waals surface area contributed by atoms with Crippen LogP contribution >= 0.6 is 22.6 Å². The first-order valence-electron chi connectivity index (χ1n) is 14.9. The molecule has 0 fully saturated rings. The van der Waals surface area contributed by atoms with Gasteiger partial charge in [-0.25, -0.2) is 9.37 Å². The molecule has 0 spiro atoms. The first-order chi connectivity index (χ1) is 21.1. The molecule has 0 aliphatic carbocycles. The lowest BCUT2D eigenvalue weighted by molar-refractivity contribution is -0.0212. The molecule has 0 bridgehead atoms. The van der Waals surface area contributed by atoms with E-state index in [2.05, 4.69) is 44.4 Å². The van der Waals surface area contributed by atoms with Gasteiger partial charge in [0.2, 0.25) is 0 Å². The SMILES string of the molecule is CCN(CCCC(=O)c1cnc2cc(I)ccc2n1)CCOCCOCCOCCOCCOCCOCCOCC[18F]. The molecule has 0 radical (unpaired) electrons. The highest BCUT2D eigenvalue weighted by molar-refractivity contribution is 14.1. The van der Waals surface area contributed by atoms with Gasteiger partial charge in [-0.05, 0) is 60.3 Å². The summed E-state index contributed by atoms with van der Waals surface area (Å²) in [6.45, 7) is 10.7. The Balaban J connectivity index is 1.33. The summed E-state index contributed by atoms with van der Waals surface area (Å²) < 4.78 is 50.7. The second-order valence-electron chi connectivity index (χ2n) is 9.32. The number of fused-ring (bicyclic) bond motifs is 1. The zero-order valence-corrected chi connectivity index (χ0v) is 27.5. The highest BCUT2D eigenvalue weighted by atomic mass is 127. The zero-order chi connectivity index (χ0) is 30.8. The number of benzene rings is 1. The Morgan fingerprint density at radius 1 is 0.744 bits per heavy atom. The molecule has 43 heavy (non-hydrogen) atoms. The van der Waals surface area contributed by atoms with Gasteiger partial charge in [0.25, 0.3) is 0 Å². The number of ketones is 1. The lowest BCUT2D eigenvalue weighted by Gasteiger charge is -2.20. The zero-order valence-electron chi connectivity index (χ0n) is 25.3. The van der Waals surface area contributed by atoms with E-state index in [4.69, 9.17) is 33.2 Å². The van der Waals surface area contributed by atoms with E-state index >= 15 is 0 Å². The maximum absolute atomic E-state index is 12.6. The molecule has 0 atom stereocenters. The average molecular weight is 723 g/mol. The molecule has 0 N–H and O–H groups in total. The van der Waals surface area contributed by atoms with Crippen molar-refractivity contribution in [3.8, 4) is 0 Å². The molecule has 1 aromatic heterocycles. The van der Waals surface area contributed by atoms with Gasteiger partial charge in [-0.15, -0.1) is 0 Å². The van der Waals surface area contributed by atoms with Gasteiger partial charge in [0.1, 0.15) is 12.4 Å². The fourth-order valence-electron chi connectivity index (χ4n) is 3.81. The summed E-state index contributed by atoms with van der Waals surface area (Å²) in [6, 6.07) is 5.82. The van der Waals surface area contributed by atoms with Gasteiger partial charge >= 0.3 is 0 Å². The van der Waals surface area contributed by atoms with Crippen LogP contribution in [0.2, 0.25) is 0 Å². The molecule has 0 amide bonds. The predicted molar refractivity (Wildman–Crippen MR) is 170 cm³/mol. The Morgan fingerprint density at radius 3 is 1.77 bits per heavy atom. The second-order valence-corrected chi connectivity index (χ2v) is 10.6. The molecule has 1 heterocycles. The van der Waals surface area contributed by atoms with Crippen molar-refractivity contribution in [3.05, 3.63) is 33.7 Å². The molecule has 0 aliphatic rings. The third kappa shape index (κ3) is 18.9. The molecule has 0 saturated heterocycles. The van der Waals surface area contributed by atoms with E-state index in [0.717, 1.165) is 40.7 Å². The third-order valence-electron chi connectivity index (χ3n) is 6.12. The number of aromatic nitrogens is 2. The molecule has 0 saturated carbocycles. The van der Waals surface area contributed by atoms with Crippen LogP contribution in [-0.2, 0) is 33.2 Å². The monoisotopic (exact) mass is 722 g/mol. The number of alkyl halides is 1. The van der Waals surface area contributed by atoms with E-state index in [9.17, 15) is 9.18 Å². The van der Waals surface area contributed by atoms with Crippen LogP contribution in [0.25, 0.3) is 11.0 Å². The summed E-state index contributed by atoms with van der Waals surface area (Å²) in [5, 5.41) is 0. The highest BCUT2D eigenvalue weighted by Crippen LogP contribution is 2.14. The molecule has 2 aromatic rings. The van der Waals surface area contributed by atoms with Crippen molar-refractivity contribution in [2.24, 2.45) is 0 Å². The summed E-state index contributed by atoms with van der Waals surface area (Å²) in [4.78, 5) is 23.7. The van der Waals surface area contributed by atoms with E-state index in [1.807, 2.05) is 18.2 Å². The number of carbonyl (C=O) groups is 1. The van der Waals surface area contributed by atoms with Crippen LogP contribution in [-0.4, -0.2) is 139 Å². The molecule has 1 aromatic carbocycles. The van der Waals surface area contributed by atoms with Gasteiger partial charge in [-0.1, -0.05) is 6.92 Å². The van der Waals surface area contributed by atoms with E-state index < -0.39 is 6.67 Å². The molecule has 11 nitrogen and oxygen atoms in total. The molecule has 2 rings (SSSR count). The van der Waals surface area contributed by atoms with Crippen LogP contribution in [0.1, 0.15) is 30.3 Å². The van der Waals surface area contributed by atoms with Crippen molar-refractivity contribution >= 4 is 39.4 Å². The van der Waals surface area contributed by atoms with E-state index in [-0.39, 0.29) is 12.4 Å². The Kier molecular flexibility index (Phi) is 22.7. The normalized spacial score (nSPS) is 11.6. The van der Waals surface area contributed by atoms with Gasteiger partial charge in [0, 0.05) is 16.5 Å². The van der Waals surface area contributed by atoms with Crippen LogP contribution in [0.4, 0.5) is 4.39 Å². The molecule has 0 unspecified atom stereocenters. The highest BCUT2D eigenvalue weighted by Gasteiger charge is 2.11. The lowest BCUT2D eigenvalue weighted by Crippen LogP contribution is -2.29. The number of hydrogen-bond acceptors (Lipinski definition) is 11. The molecule has 0 aliphatic heterocycles. The van der Waals surface area contributed by atoms with Crippen molar-refractivity contribution in [3.63, 3.8) is 0 Å². The minimum atomic E-state index is -0.476. The van der Waals surface area contributed by atoms with E-state index in [1.165, 1.54) is 0 Å². The maximum Gasteiger partial charge on any atom is 0.182 e. The number of ether oxygens (including phenoxy) is 7. The van der Waals surface area contributed by atoms with Crippen LogP contribution < -0.4 is 0 Å². The number of Topliss-reactive ketones (excluding diaryl/α,β-unsaturated/α-hetero) is 1. The number of nitrogens with zero attached hydrogens (tertiary/aromatic N) is 3. The van der Waals surface area contributed by atoms with Crippen LogP contribution in [0.15, 0.2) is 24.4 Å². The third-order valence-corrected chi connectivity index (χ3v) is 6.79. The molecular weight excluding hydrogens is 675 g/mol. The molecule has 13 heteroatoms. The van der Waals surface area contributed by atoms with Crippen LogP contribution in [0, 0.1) is 3.57 Å². The van der Waals surface area contributed by atoms with Crippen molar-refractivity contribution in [2.45, 2.75) is 19.8 Å². The average Bonchev–Trinajstić information content (AvgIpc) is 3.02. The standard InChI is InChI=1S/C30H47FIN3O8/c1-2-35(8-3-4-30(36)29-25-33-28-24-26(32)5-6-27(28)34-29)9-11-38-13-15-40-17-19-42-21-23-43-22-20-41-18-16-39-14-12-37-10-7-31/h5-6,24-25H,2-4,7-23H2,1H3/i31-1. The first kappa shape index (κ1) is 37.8. The summed E-state index contributed by atoms with van der Waals surface area (Å²) in [5.74, 6) is 0.0212. The van der Waals surface area contributed by atoms with Gasteiger partial charge < -0.3 is 38.1 Å². The fourth-order valence-corrected chi connectivity index (χ4v) is 4.28. The largest absolute Gasteiger partial charge is 0.378 e. The lowest BCUT2D eigenvalue weighted by atomic mass is 10.1. The quantitative estimate of drug-likeness (QED) is 0.0698. The fraction of sp³-hybridized carbons (Fsp3) is 0.700. The Bertz CT molecular complexity index is 994. The predicted octanol–water partition coefficient (Wildman–Crippen LogP) is 3.60. The van der Waals surface area contributed by atoms with Crippen LogP contribution in [0.5, 0.6) is 0 Å². The van der Waals surface area contributed by atoms with Crippen molar-refractivity contribution in [1.29, 1.82) is 0 Å².